The van der Waals surface area contributed by atoms with Crippen LogP contribution in [0.1, 0.15) is 12.8 Å². The van der Waals surface area contributed by atoms with E-state index >= 15 is 0 Å². The number of halogens is 1. The molecule has 1 aromatic heterocycles. The van der Waals surface area contributed by atoms with Crippen molar-refractivity contribution in [2.45, 2.75) is 18.9 Å². The van der Waals surface area contributed by atoms with E-state index < -0.39 is 0 Å². The minimum absolute atomic E-state index is 0. The Labute approximate surface area is 111 Å². The van der Waals surface area contributed by atoms with Gasteiger partial charge in [-0.3, -0.25) is 0 Å². The molecule has 0 unspecified atom stereocenters. The molecule has 92 valence electrons. The Morgan fingerprint density at radius 1 is 1.35 bits per heavy atom. The van der Waals surface area contributed by atoms with Crippen molar-refractivity contribution < 1.29 is 0 Å². The van der Waals surface area contributed by atoms with Gasteiger partial charge in [-0.1, -0.05) is 23.5 Å². The lowest BCUT2D eigenvalue weighted by Gasteiger charge is -2.23. The van der Waals surface area contributed by atoms with Gasteiger partial charge in [0.1, 0.15) is 0 Å². The van der Waals surface area contributed by atoms with E-state index in [-0.39, 0.29) is 12.4 Å². The van der Waals surface area contributed by atoms with Crippen LogP contribution >= 0.6 is 23.7 Å². The van der Waals surface area contributed by atoms with E-state index in [0.717, 1.165) is 23.7 Å². The molecule has 5 heteroatoms. The lowest BCUT2D eigenvalue weighted by Crippen LogP contribution is -2.38. The van der Waals surface area contributed by atoms with Gasteiger partial charge in [-0.15, -0.1) is 12.4 Å². The molecule has 1 saturated heterocycles. The summed E-state index contributed by atoms with van der Waals surface area (Å²) in [5.41, 5.74) is 1.10. The zero-order valence-corrected chi connectivity index (χ0v) is 11.1. The predicted molar refractivity (Wildman–Crippen MR) is 76.4 cm³/mol. The van der Waals surface area contributed by atoms with Crippen LogP contribution in [0.2, 0.25) is 0 Å². The molecule has 0 aliphatic carbocycles. The van der Waals surface area contributed by atoms with E-state index in [4.69, 9.17) is 0 Å². The van der Waals surface area contributed by atoms with Crippen molar-refractivity contribution in [2.75, 3.05) is 18.4 Å². The van der Waals surface area contributed by atoms with Crippen molar-refractivity contribution in [3.05, 3.63) is 24.3 Å². The molecule has 2 N–H and O–H groups in total. The Hall–Kier alpha value is -0.840. The number of anilines is 1. The Morgan fingerprint density at radius 2 is 2.24 bits per heavy atom. The maximum absolute atomic E-state index is 4.59. The van der Waals surface area contributed by atoms with Crippen molar-refractivity contribution in [1.82, 2.24) is 10.3 Å². The molecule has 3 nitrogen and oxygen atoms in total. The lowest BCUT2D eigenvalue weighted by molar-refractivity contribution is 0.480. The van der Waals surface area contributed by atoms with Crippen molar-refractivity contribution in [3.8, 4) is 0 Å². The lowest BCUT2D eigenvalue weighted by atomic mass is 10.1. The van der Waals surface area contributed by atoms with Gasteiger partial charge in [-0.2, -0.15) is 0 Å². The summed E-state index contributed by atoms with van der Waals surface area (Å²) < 4.78 is 1.26. The van der Waals surface area contributed by atoms with Crippen LogP contribution in [0.15, 0.2) is 24.3 Å². The normalized spacial score (nSPS) is 19.9. The second-order valence-electron chi connectivity index (χ2n) is 4.17. The second kappa shape index (κ2) is 5.67. The molecule has 2 aromatic rings. The molecule has 1 aliphatic rings. The molecular formula is C12H16ClN3S. The standard InChI is InChI=1S/C12H15N3S.ClH/c1-2-6-11-10(5-1)15-12(16-11)14-9-4-3-7-13-8-9;/h1-2,5-6,9,13H,3-4,7-8H2,(H,14,15);1H/t9-;/m1./s1. The molecule has 0 spiro atoms. The van der Waals surface area contributed by atoms with E-state index in [1.807, 2.05) is 6.07 Å². The summed E-state index contributed by atoms with van der Waals surface area (Å²) in [4.78, 5) is 4.59. The average molecular weight is 270 g/mol. The number of hydrogen-bond acceptors (Lipinski definition) is 4. The summed E-state index contributed by atoms with van der Waals surface area (Å²) in [7, 11) is 0. The third-order valence-corrected chi connectivity index (χ3v) is 3.89. The van der Waals surface area contributed by atoms with Crippen LogP contribution in [-0.4, -0.2) is 24.1 Å². The fourth-order valence-electron chi connectivity index (χ4n) is 2.08. The first-order valence-corrected chi connectivity index (χ1v) is 6.56. The smallest absolute Gasteiger partial charge is 0.184 e. The van der Waals surface area contributed by atoms with Crippen LogP contribution in [0, 0.1) is 0 Å². The number of para-hydroxylation sites is 1. The largest absolute Gasteiger partial charge is 0.357 e. The third kappa shape index (κ3) is 2.89. The topological polar surface area (TPSA) is 37.0 Å². The minimum atomic E-state index is 0. The monoisotopic (exact) mass is 269 g/mol. The Balaban J connectivity index is 0.00000108. The number of aromatic nitrogens is 1. The first-order chi connectivity index (χ1) is 7.92. The van der Waals surface area contributed by atoms with E-state index in [1.165, 1.54) is 17.5 Å². The van der Waals surface area contributed by atoms with Gasteiger partial charge in [0, 0.05) is 12.6 Å². The summed E-state index contributed by atoms with van der Waals surface area (Å²) in [6, 6.07) is 8.82. The SMILES string of the molecule is Cl.c1ccc2sc(N[C@@H]3CCCNC3)nc2c1. The maximum atomic E-state index is 4.59. The van der Waals surface area contributed by atoms with E-state index in [1.54, 1.807) is 11.3 Å². The highest BCUT2D eigenvalue weighted by Gasteiger charge is 2.14. The van der Waals surface area contributed by atoms with Crippen LogP contribution < -0.4 is 10.6 Å². The van der Waals surface area contributed by atoms with Gasteiger partial charge in [0.05, 0.1) is 10.2 Å². The maximum Gasteiger partial charge on any atom is 0.184 e. The number of fused-ring (bicyclic) bond motifs is 1. The first kappa shape index (κ1) is 12.6. The van der Waals surface area contributed by atoms with Crippen molar-refractivity contribution in [2.24, 2.45) is 0 Å². The number of benzene rings is 1. The predicted octanol–water partition coefficient (Wildman–Crippen LogP) is 2.88. The molecule has 0 saturated carbocycles. The number of nitrogens with zero attached hydrogens (tertiary/aromatic N) is 1. The zero-order chi connectivity index (χ0) is 10.8. The number of rotatable bonds is 2. The fourth-order valence-corrected chi connectivity index (χ4v) is 3.03. The molecule has 0 amide bonds. The highest BCUT2D eigenvalue weighted by molar-refractivity contribution is 7.22. The van der Waals surface area contributed by atoms with E-state index in [9.17, 15) is 0 Å². The van der Waals surface area contributed by atoms with Crippen LogP contribution in [0.5, 0.6) is 0 Å². The summed E-state index contributed by atoms with van der Waals surface area (Å²) in [5, 5.41) is 7.97. The van der Waals surface area contributed by atoms with Crippen molar-refractivity contribution in [3.63, 3.8) is 0 Å². The van der Waals surface area contributed by atoms with Gasteiger partial charge in [0.2, 0.25) is 0 Å². The molecule has 0 bridgehead atoms. The number of thiazole rings is 1. The summed E-state index contributed by atoms with van der Waals surface area (Å²) in [6.45, 7) is 2.20. The summed E-state index contributed by atoms with van der Waals surface area (Å²) >= 11 is 1.74. The number of nitrogens with one attached hydrogen (secondary N) is 2. The second-order valence-corrected chi connectivity index (χ2v) is 5.21. The van der Waals surface area contributed by atoms with Gasteiger partial charge >= 0.3 is 0 Å². The molecule has 2 heterocycles. The quantitative estimate of drug-likeness (QED) is 0.880. The Morgan fingerprint density at radius 3 is 3.00 bits per heavy atom. The van der Waals surface area contributed by atoms with Crippen LogP contribution in [0.25, 0.3) is 10.2 Å². The van der Waals surface area contributed by atoms with Gasteiger partial charge in [0.25, 0.3) is 0 Å². The third-order valence-electron chi connectivity index (χ3n) is 2.92. The van der Waals surface area contributed by atoms with Crippen LogP contribution in [-0.2, 0) is 0 Å². The van der Waals surface area contributed by atoms with Gasteiger partial charge in [-0.05, 0) is 31.5 Å². The molecule has 3 rings (SSSR count). The van der Waals surface area contributed by atoms with Crippen LogP contribution in [0.3, 0.4) is 0 Å². The van der Waals surface area contributed by atoms with Crippen molar-refractivity contribution >= 4 is 39.1 Å². The van der Waals surface area contributed by atoms with Gasteiger partial charge in [0.15, 0.2) is 5.13 Å². The minimum Gasteiger partial charge on any atom is -0.357 e. The molecule has 1 aliphatic heterocycles. The molecule has 1 aromatic carbocycles. The summed E-state index contributed by atoms with van der Waals surface area (Å²) in [5.74, 6) is 0. The molecular weight excluding hydrogens is 254 g/mol. The van der Waals surface area contributed by atoms with Gasteiger partial charge < -0.3 is 10.6 Å². The highest BCUT2D eigenvalue weighted by Crippen LogP contribution is 2.26. The summed E-state index contributed by atoms with van der Waals surface area (Å²) in [6.07, 6.45) is 2.49. The molecule has 1 fully saturated rings. The zero-order valence-electron chi connectivity index (χ0n) is 9.48. The first-order valence-electron chi connectivity index (χ1n) is 5.75. The van der Waals surface area contributed by atoms with Crippen molar-refractivity contribution in [1.29, 1.82) is 0 Å². The average Bonchev–Trinajstić information content (AvgIpc) is 2.72. The fraction of sp³-hybridized carbons (Fsp3) is 0.417. The van der Waals surface area contributed by atoms with Crippen LogP contribution in [0.4, 0.5) is 5.13 Å². The molecule has 0 radical (unpaired) electrons. The highest BCUT2D eigenvalue weighted by atomic mass is 35.5. The Bertz CT molecular complexity index is 446. The molecule has 1 atom stereocenters. The Kier molecular flexibility index (Phi) is 4.20. The molecule has 17 heavy (non-hydrogen) atoms. The van der Waals surface area contributed by atoms with E-state index in [0.29, 0.717) is 6.04 Å². The van der Waals surface area contributed by atoms with Gasteiger partial charge in [-0.25, -0.2) is 4.98 Å². The van der Waals surface area contributed by atoms with E-state index in [2.05, 4.69) is 33.8 Å². The number of hydrogen-bond donors (Lipinski definition) is 2. The number of piperidine rings is 1.